The molecule has 3 atom stereocenters. The van der Waals surface area contributed by atoms with E-state index < -0.39 is 11.6 Å². The van der Waals surface area contributed by atoms with Crippen molar-refractivity contribution in [3.05, 3.63) is 93.5 Å². The van der Waals surface area contributed by atoms with Gasteiger partial charge >= 0.3 is 5.97 Å². The summed E-state index contributed by atoms with van der Waals surface area (Å²) in [6.45, 7) is 15.6. The zero-order valence-electron chi connectivity index (χ0n) is 27.4. The van der Waals surface area contributed by atoms with Gasteiger partial charge in [0.05, 0.1) is 17.9 Å². The molecule has 2 amide bonds. The van der Waals surface area contributed by atoms with Gasteiger partial charge in [0.1, 0.15) is 6.10 Å². The zero-order chi connectivity index (χ0) is 33.7. The number of halogens is 1. The van der Waals surface area contributed by atoms with Gasteiger partial charge in [0.2, 0.25) is 0 Å². The van der Waals surface area contributed by atoms with Crippen molar-refractivity contribution in [1.82, 2.24) is 10.4 Å². The molecule has 0 heterocycles. The molecule has 45 heavy (non-hydrogen) atoms. The second-order valence-electron chi connectivity index (χ2n) is 13.3. The molecule has 4 rings (SSSR count). The molecule has 0 aromatic heterocycles. The molecule has 1 fully saturated rings. The molecule has 1 N–H and O–H groups in total. The smallest absolute Gasteiger partial charge is 0.310 e. The average Bonchev–Trinajstić information content (AvgIpc) is 3.40. The van der Waals surface area contributed by atoms with Crippen LogP contribution in [0.4, 0.5) is 0 Å². The molecule has 0 spiro atoms. The summed E-state index contributed by atoms with van der Waals surface area (Å²) in [5.41, 5.74) is 5.65. The number of Topliss-reactive ketones (excluding diaryl/α,β-unsaturated/α-hetero) is 1. The topological polar surface area (TPSA) is 92.8 Å². The Balaban J connectivity index is 0.000000246. The number of allylic oxidation sites excluding steroid dienone is 3. The van der Waals surface area contributed by atoms with Crippen molar-refractivity contribution in [1.29, 1.82) is 0 Å². The van der Waals surface area contributed by atoms with E-state index >= 15 is 0 Å². The molecule has 0 aliphatic heterocycles. The Morgan fingerprint density at radius 1 is 1.07 bits per heavy atom. The Labute approximate surface area is 272 Å². The summed E-state index contributed by atoms with van der Waals surface area (Å²) in [6, 6.07) is 15.4. The molecule has 238 valence electrons. The molecular formula is C37H43ClN2O5. The summed E-state index contributed by atoms with van der Waals surface area (Å²) >= 11 is 5.83. The number of carbonyl (C=O) groups excluding carboxylic acids is 4. The Kier molecular flexibility index (Phi) is 11.2. The van der Waals surface area contributed by atoms with Crippen molar-refractivity contribution in [3.63, 3.8) is 0 Å². The van der Waals surface area contributed by atoms with Gasteiger partial charge in [-0.3, -0.25) is 24.6 Å². The fourth-order valence-corrected chi connectivity index (χ4v) is 5.47. The molecule has 2 aliphatic carbocycles. The van der Waals surface area contributed by atoms with Crippen molar-refractivity contribution >= 4 is 35.2 Å². The van der Waals surface area contributed by atoms with Gasteiger partial charge in [-0.25, -0.2) is 5.01 Å². The lowest BCUT2D eigenvalue weighted by Crippen LogP contribution is -2.55. The van der Waals surface area contributed by atoms with Gasteiger partial charge in [-0.1, -0.05) is 55.3 Å². The number of esters is 1. The highest BCUT2D eigenvalue weighted by Gasteiger charge is 2.61. The molecule has 0 saturated heterocycles. The molecule has 8 heteroatoms. The van der Waals surface area contributed by atoms with Crippen LogP contribution in [0, 0.1) is 29.6 Å². The lowest BCUT2D eigenvalue weighted by molar-refractivity contribution is -0.150. The number of nitrogens with one attached hydrogen (secondary N) is 1. The van der Waals surface area contributed by atoms with Crippen LogP contribution in [-0.2, 0) is 14.3 Å². The molecule has 7 nitrogen and oxygen atoms in total. The summed E-state index contributed by atoms with van der Waals surface area (Å²) < 4.78 is 5.63. The minimum Gasteiger partial charge on any atom is -0.457 e. The third kappa shape index (κ3) is 8.73. The van der Waals surface area contributed by atoms with E-state index in [0.29, 0.717) is 28.1 Å². The first-order chi connectivity index (χ1) is 21.0. The molecule has 2 aromatic rings. The van der Waals surface area contributed by atoms with Crippen LogP contribution in [-0.4, -0.2) is 40.2 Å². The zero-order valence-corrected chi connectivity index (χ0v) is 28.1. The van der Waals surface area contributed by atoms with Crippen LogP contribution < -0.4 is 5.43 Å². The fraction of sp³-hybridized carbons (Fsp3) is 0.405. The van der Waals surface area contributed by atoms with E-state index in [2.05, 4.69) is 31.3 Å². The van der Waals surface area contributed by atoms with Crippen molar-refractivity contribution in [2.75, 3.05) is 0 Å². The lowest BCUT2D eigenvalue weighted by Gasteiger charge is -2.35. The summed E-state index contributed by atoms with van der Waals surface area (Å²) in [7, 11) is 0. The first kappa shape index (κ1) is 35.3. The van der Waals surface area contributed by atoms with E-state index in [4.69, 9.17) is 22.8 Å². The van der Waals surface area contributed by atoms with Crippen molar-refractivity contribution in [2.45, 2.75) is 79.9 Å². The normalized spacial score (nSPS) is 19.8. The number of ketones is 1. The highest BCUT2D eigenvalue weighted by Crippen LogP contribution is 2.60. The first-order valence-electron chi connectivity index (χ1n) is 15.0. The number of ether oxygens (including phenoxy) is 1. The van der Waals surface area contributed by atoms with Gasteiger partial charge in [-0.15, -0.1) is 12.3 Å². The molecule has 2 aliphatic rings. The third-order valence-electron chi connectivity index (χ3n) is 8.10. The number of amides is 2. The van der Waals surface area contributed by atoms with Crippen molar-refractivity contribution < 1.29 is 23.9 Å². The number of terminal acetylenes is 1. The number of carbonyl (C=O) groups is 4. The molecule has 0 bridgehead atoms. The molecular weight excluding hydrogens is 588 g/mol. The second kappa shape index (κ2) is 14.3. The number of hydrogen-bond acceptors (Lipinski definition) is 5. The van der Waals surface area contributed by atoms with Gasteiger partial charge < -0.3 is 4.74 Å². The summed E-state index contributed by atoms with van der Waals surface area (Å²) in [5, 5.41) is 1.90. The molecule has 2 unspecified atom stereocenters. The number of hydrogen-bond donors (Lipinski definition) is 1. The molecule has 0 radical (unpaired) electrons. The van der Waals surface area contributed by atoms with Gasteiger partial charge in [-0.2, -0.15) is 0 Å². The Hall–Kier alpha value is -4.15. The Morgan fingerprint density at radius 3 is 2.20 bits per heavy atom. The highest BCUT2D eigenvalue weighted by molar-refractivity contribution is 6.30. The van der Waals surface area contributed by atoms with Crippen molar-refractivity contribution in [3.8, 4) is 12.3 Å². The van der Waals surface area contributed by atoms with E-state index in [1.807, 2.05) is 47.6 Å². The minimum atomic E-state index is -0.574. The van der Waals surface area contributed by atoms with E-state index in [0.717, 1.165) is 5.57 Å². The van der Waals surface area contributed by atoms with Gasteiger partial charge in [0, 0.05) is 28.1 Å². The van der Waals surface area contributed by atoms with E-state index in [1.54, 1.807) is 48.5 Å². The minimum absolute atomic E-state index is 0.00385. The van der Waals surface area contributed by atoms with Crippen LogP contribution in [0.2, 0.25) is 5.02 Å². The van der Waals surface area contributed by atoms with E-state index in [1.165, 1.54) is 10.6 Å². The maximum Gasteiger partial charge on any atom is 0.310 e. The highest BCUT2D eigenvalue weighted by atomic mass is 35.5. The Morgan fingerprint density at radius 2 is 1.67 bits per heavy atom. The van der Waals surface area contributed by atoms with Crippen LogP contribution in [0.3, 0.4) is 0 Å². The van der Waals surface area contributed by atoms with Crippen molar-refractivity contribution in [2.24, 2.45) is 17.3 Å². The van der Waals surface area contributed by atoms with Crippen LogP contribution >= 0.6 is 11.6 Å². The number of rotatable bonds is 6. The van der Waals surface area contributed by atoms with Crippen LogP contribution in [0.25, 0.3) is 0 Å². The van der Waals surface area contributed by atoms with Crippen LogP contribution in [0.15, 0.2) is 77.4 Å². The largest absolute Gasteiger partial charge is 0.457 e. The maximum atomic E-state index is 12.7. The van der Waals surface area contributed by atoms with E-state index in [-0.39, 0.29) is 47.2 Å². The SMILES string of the molecule is C#CCC1=C(C)[C@@H](OC(=O)C2C(C=C(C)C)C2(C)C)CC1=O.CC(C)(C)N(NC(=O)c1ccc(Cl)cc1)C(=O)c1ccccc1. The predicted octanol–water partition coefficient (Wildman–Crippen LogP) is 7.37. The quantitative estimate of drug-likeness (QED) is 0.156. The average molecular weight is 631 g/mol. The number of hydrazine groups is 1. The molecule has 1 saturated carbocycles. The summed E-state index contributed by atoms with van der Waals surface area (Å²) in [5.74, 6) is 1.77. The van der Waals surface area contributed by atoms with Crippen LogP contribution in [0.5, 0.6) is 0 Å². The second-order valence-corrected chi connectivity index (χ2v) is 13.7. The molecule has 2 aromatic carbocycles. The predicted molar refractivity (Wildman–Crippen MR) is 177 cm³/mol. The van der Waals surface area contributed by atoms with E-state index in [9.17, 15) is 19.2 Å². The van der Waals surface area contributed by atoms with Crippen LogP contribution in [0.1, 0.15) is 88.9 Å². The summed E-state index contributed by atoms with van der Waals surface area (Å²) in [6.07, 6.45) is 7.53. The number of benzene rings is 2. The van der Waals surface area contributed by atoms with Gasteiger partial charge in [0.15, 0.2) is 5.78 Å². The first-order valence-corrected chi connectivity index (χ1v) is 15.3. The maximum absolute atomic E-state index is 12.7. The monoisotopic (exact) mass is 630 g/mol. The fourth-order valence-electron chi connectivity index (χ4n) is 5.34. The lowest BCUT2D eigenvalue weighted by atomic mass is 10.1. The Bertz CT molecular complexity index is 1540. The standard InChI is InChI=1S/C19H24O3.C18H19ClN2O2/c1-7-8-13-12(4)16(10-15(13)20)22-18(21)17-14(9-11(2)3)19(17,5)6;1-18(2,3)21(17(23)14-7-5-4-6-8-14)20-16(22)13-9-11-15(19)12-10-13/h1,9,14,16-17H,8,10H2,2-6H3;4-12H,1-3H3,(H,20,22)/t14?,16-,17?;/m0./s1. The van der Waals surface area contributed by atoms with Gasteiger partial charge in [0.25, 0.3) is 11.8 Å². The van der Waals surface area contributed by atoms with Gasteiger partial charge in [-0.05, 0) is 94.8 Å². The number of nitrogens with zero attached hydrogens (tertiary/aromatic N) is 1. The third-order valence-corrected chi connectivity index (χ3v) is 8.35. The summed E-state index contributed by atoms with van der Waals surface area (Å²) in [4.78, 5) is 49.5.